The van der Waals surface area contributed by atoms with Gasteiger partial charge in [0.2, 0.25) is 0 Å². The Kier molecular flexibility index (Phi) is 12.6. The number of carbonyl (C=O) groups excluding carboxylic acids is 2. The van der Waals surface area contributed by atoms with Crippen LogP contribution in [0.25, 0.3) is 0 Å². The molecule has 0 rings (SSSR count). The molecular formula is C22H44N2O4. The van der Waals surface area contributed by atoms with E-state index in [1.807, 2.05) is 27.7 Å². The second-order valence-electron chi connectivity index (χ2n) is 8.30. The summed E-state index contributed by atoms with van der Waals surface area (Å²) in [6, 6.07) is 0. The monoisotopic (exact) mass is 400 g/mol. The third kappa shape index (κ3) is 8.91. The fourth-order valence-electron chi connectivity index (χ4n) is 3.37. The van der Waals surface area contributed by atoms with Crippen molar-refractivity contribution in [2.45, 2.75) is 68.2 Å². The highest BCUT2D eigenvalue weighted by atomic mass is 16.5. The number of hydrogen-bond acceptors (Lipinski definition) is 6. The quantitative estimate of drug-likeness (QED) is 0.392. The lowest BCUT2D eigenvalue weighted by Gasteiger charge is -2.34. The molecular weight excluding hydrogens is 356 g/mol. The molecule has 166 valence electrons. The molecule has 6 nitrogen and oxygen atoms in total. The van der Waals surface area contributed by atoms with Gasteiger partial charge in [-0.3, -0.25) is 9.59 Å². The molecule has 0 bridgehead atoms. The first kappa shape index (κ1) is 26.9. The highest BCUT2D eigenvalue weighted by molar-refractivity contribution is 5.80. The van der Waals surface area contributed by atoms with Gasteiger partial charge in [0.1, 0.15) is 13.2 Å². The molecule has 0 fully saturated rings. The first-order valence-corrected chi connectivity index (χ1v) is 10.9. The van der Waals surface area contributed by atoms with Crippen LogP contribution in [0.3, 0.4) is 0 Å². The summed E-state index contributed by atoms with van der Waals surface area (Å²) in [7, 11) is 0. The Morgan fingerprint density at radius 3 is 1.46 bits per heavy atom. The summed E-state index contributed by atoms with van der Waals surface area (Å²) in [5.41, 5.74) is -1.45. The maximum absolute atomic E-state index is 12.7. The maximum Gasteiger partial charge on any atom is 0.311 e. The van der Waals surface area contributed by atoms with Crippen LogP contribution in [0.4, 0.5) is 0 Å². The Morgan fingerprint density at radius 1 is 0.714 bits per heavy atom. The van der Waals surface area contributed by atoms with E-state index in [4.69, 9.17) is 9.47 Å². The Labute approximate surface area is 172 Å². The van der Waals surface area contributed by atoms with Gasteiger partial charge in [-0.05, 0) is 59.8 Å². The Hall–Kier alpha value is -1.14. The van der Waals surface area contributed by atoms with Crippen LogP contribution in [-0.2, 0) is 19.1 Å². The van der Waals surface area contributed by atoms with Crippen LogP contribution in [0.5, 0.6) is 0 Å². The minimum absolute atomic E-state index is 0.230. The molecule has 0 saturated carbocycles. The van der Waals surface area contributed by atoms with Crippen LogP contribution in [-0.4, -0.2) is 74.2 Å². The van der Waals surface area contributed by atoms with Gasteiger partial charge in [0.05, 0.1) is 10.8 Å². The summed E-state index contributed by atoms with van der Waals surface area (Å²) >= 11 is 0. The summed E-state index contributed by atoms with van der Waals surface area (Å²) in [6.45, 7) is 21.9. The third-order valence-electron chi connectivity index (χ3n) is 5.73. The van der Waals surface area contributed by atoms with E-state index in [9.17, 15) is 9.59 Å². The number of ether oxygens (including phenoxy) is 2. The first-order chi connectivity index (χ1) is 13.1. The molecule has 0 spiro atoms. The van der Waals surface area contributed by atoms with E-state index >= 15 is 0 Å². The smallest absolute Gasteiger partial charge is 0.311 e. The number of likely N-dealkylation sites (N-methyl/N-ethyl adjacent to an activating group) is 2. The molecule has 6 heteroatoms. The minimum Gasteiger partial charge on any atom is -0.464 e. The van der Waals surface area contributed by atoms with E-state index in [1.165, 1.54) is 0 Å². The summed E-state index contributed by atoms with van der Waals surface area (Å²) in [5, 5.41) is 0. The summed E-state index contributed by atoms with van der Waals surface area (Å²) in [4.78, 5) is 29.8. The van der Waals surface area contributed by atoms with Crippen molar-refractivity contribution in [3.05, 3.63) is 0 Å². The van der Waals surface area contributed by atoms with Gasteiger partial charge in [-0.15, -0.1) is 0 Å². The molecule has 0 saturated heterocycles. The summed E-state index contributed by atoms with van der Waals surface area (Å²) < 4.78 is 11.1. The topological polar surface area (TPSA) is 59.1 Å². The van der Waals surface area contributed by atoms with Crippen molar-refractivity contribution in [3.63, 3.8) is 0 Å². The molecule has 28 heavy (non-hydrogen) atoms. The van der Waals surface area contributed by atoms with Crippen LogP contribution < -0.4 is 0 Å². The maximum atomic E-state index is 12.7. The number of carbonyl (C=O) groups is 2. The van der Waals surface area contributed by atoms with Gasteiger partial charge in [0.25, 0.3) is 0 Å². The second-order valence-corrected chi connectivity index (χ2v) is 8.30. The highest BCUT2D eigenvalue weighted by Gasteiger charge is 2.42. The lowest BCUT2D eigenvalue weighted by molar-refractivity contribution is -0.163. The third-order valence-corrected chi connectivity index (χ3v) is 5.73. The van der Waals surface area contributed by atoms with Crippen LogP contribution in [0.1, 0.15) is 68.2 Å². The van der Waals surface area contributed by atoms with E-state index in [2.05, 4.69) is 37.5 Å². The Balaban J connectivity index is 4.74. The molecule has 0 N–H and O–H groups in total. The van der Waals surface area contributed by atoms with Crippen molar-refractivity contribution >= 4 is 11.9 Å². The molecule has 0 amide bonds. The predicted molar refractivity (Wildman–Crippen MR) is 114 cm³/mol. The van der Waals surface area contributed by atoms with E-state index in [0.717, 1.165) is 39.3 Å². The molecule has 0 aliphatic heterocycles. The average Bonchev–Trinajstić information content (AvgIpc) is 2.67. The predicted octanol–water partition coefficient (Wildman–Crippen LogP) is 3.59. The van der Waals surface area contributed by atoms with Crippen LogP contribution >= 0.6 is 0 Å². The molecule has 1 atom stereocenters. The van der Waals surface area contributed by atoms with Crippen molar-refractivity contribution in [1.29, 1.82) is 0 Å². The second kappa shape index (κ2) is 13.2. The van der Waals surface area contributed by atoms with Crippen molar-refractivity contribution in [2.24, 2.45) is 10.8 Å². The van der Waals surface area contributed by atoms with Gasteiger partial charge < -0.3 is 19.3 Å². The van der Waals surface area contributed by atoms with Crippen molar-refractivity contribution in [3.8, 4) is 0 Å². The van der Waals surface area contributed by atoms with E-state index < -0.39 is 10.8 Å². The van der Waals surface area contributed by atoms with Crippen molar-refractivity contribution < 1.29 is 19.1 Å². The zero-order chi connectivity index (χ0) is 21.8. The van der Waals surface area contributed by atoms with Crippen molar-refractivity contribution in [2.75, 3.05) is 52.5 Å². The summed E-state index contributed by atoms with van der Waals surface area (Å²) in [5.74, 6) is -0.485. The minimum atomic E-state index is -0.744. The molecule has 0 aromatic heterocycles. The van der Waals surface area contributed by atoms with Crippen LogP contribution in [0.15, 0.2) is 0 Å². The molecule has 0 aromatic carbocycles. The standard InChI is InChI=1S/C22H44N2O4/c1-9-22(8,20(26)28-17-15-24(12-4)13-5)18-21(6,7)19(25)27-16-14-23(10-2)11-3/h9-18H2,1-8H3. The van der Waals surface area contributed by atoms with Gasteiger partial charge in [0.15, 0.2) is 0 Å². The van der Waals surface area contributed by atoms with E-state index in [-0.39, 0.29) is 11.9 Å². The lowest BCUT2D eigenvalue weighted by atomic mass is 9.72. The Morgan fingerprint density at radius 2 is 1.11 bits per heavy atom. The molecule has 1 unspecified atom stereocenters. The summed E-state index contributed by atoms with van der Waals surface area (Å²) in [6.07, 6.45) is 1.03. The van der Waals surface area contributed by atoms with Gasteiger partial charge in [-0.25, -0.2) is 0 Å². The number of hydrogen-bond donors (Lipinski definition) is 0. The van der Waals surface area contributed by atoms with Gasteiger partial charge in [-0.2, -0.15) is 0 Å². The van der Waals surface area contributed by atoms with Gasteiger partial charge in [-0.1, -0.05) is 34.6 Å². The fraction of sp³-hybridized carbons (Fsp3) is 0.909. The number of nitrogens with zero attached hydrogens (tertiary/aromatic N) is 2. The van der Waals surface area contributed by atoms with Gasteiger partial charge in [0, 0.05) is 13.1 Å². The average molecular weight is 401 g/mol. The van der Waals surface area contributed by atoms with Gasteiger partial charge >= 0.3 is 11.9 Å². The fourth-order valence-corrected chi connectivity index (χ4v) is 3.37. The largest absolute Gasteiger partial charge is 0.464 e. The Bertz CT molecular complexity index is 459. The van der Waals surface area contributed by atoms with Crippen LogP contribution in [0.2, 0.25) is 0 Å². The number of esters is 2. The molecule has 0 aliphatic rings. The van der Waals surface area contributed by atoms with E-state index in [1.54, 1.807) is 0 Å². The van der Waals surface area contributed by atoms with Crippen molar-refractivity contribution in [1.82, 2.24) is 9.80 Å². The SMILES string of the molecule is CCN(CC)CCOC(=O)C(C)(C)CC(C)(CC)C(=O)OCCN(CC)CC. The van der Waals surface area contributed by atoms with E-state index in [0.29, 0.717) is 26.1 Å². The number of rotatable bonds is 15. The van der Waals surface area contributed by atoms with Crippen LogP contribution in [0, 0.1) is 10.8 Å². The molecule has 0 heterocycles. The first-order valence-electron chi connectivity index (χ1n) is 10.9. The zero-order valence-corrected chi connectivity index (χ0v) is 19.6. The lowest BCUT2D eigenvalue weighted by Crippen LogP contribution is -2.40. The molecule has 0 radical (unpaired) electrons. The molecule has 0 aliphatic carbocycles. The normalized spacial score (nSPS) is 14.2. The zero-order valence-electron chi connectivity index (χ0n) is 19.6. The molecule has 0 aromatic rings. The highest BCUT2D eigenvalue weighted by Crippen LogP contribution is 2.38.